The molecule has 1 aromatic rings. The van der Waals surface area contributed by atoms with Crippen molar-refractivity contribution in [2.75, 3.05) is 5.32 Å². The lowest BCUT2D eigenvalue weighted by Gasteiger charge is -2.21. The molecule has 3 rings (SSSR count). The smallest absolute Gasteiger partial charge is 0.326 e. The van der Waals surface area contributed by atoms with E-state index in [0.717, 1.165) is 37.8 Å². The molecule has 114 valence electrons. The Hall–Kier alpha value is -1.59. The van der Waals surface area contributed by atoms with Gasteiger partial charge in [0.2, 0.25) is 5.91 Å². The maximum atomic E-state index is 13.2. The van der Waals surface area contributed by atoms with Gasteiger partial charge in [-0.1, -0.05) is 6.42 Å². The first-order chi connectivity index (χ1) is 9.84. The molecule has 0 heterocycles. The third-order valence-corrected chi connectivity index (χ3v) is 4.61. The third kappa shape index (κ3) is 2.76. The average Bonchev–Trinajstić information content (AvgIpc) is 3.02. The monoisotopic (exact) mass is 301 g/mol. The first-order valence-electron chi connectivity index (χ1n) is 7.02. The Morgan fingerprint density at radius 2 is 1.95 bits per heavy atom. The molecule has 1 N–H and O–H groups in total. The second kappa shape index (κ2) is 5.00. The summed E-state index contributed by atoms with van der Waals surface area (Å²) in [6.07, 6.45) is -0.764. The molecule has 1 aromatic carbocycles. The van der Waals surface area contributed by atoms with Gasteiger partial charge in [-0.2, -0.15) is 13.2 Å². The minimum absolute atomic E-state index is 0.00324. The summed E-state index contributed by atoms with van der Waals surface area (Å²) in [5, 5.41) is 2.50. The summed E-state index contributed by atoms with van der Waals surface area (Å²) in [6.45, 7) is 0. The largest absolute Gasteiger partial charge is 0.419 e. The van der Waals surface area contributed by atoms with Crippen LogP contribution in [0, 0.1) is 23.6 Å². The van der Waals surface area contributed by atoms with Crippen molar-refractivity contribution in [3.8, 4) is 0 Å². The van der Waals surface area contributed by atoms with Crippen LogP contribution in [-0.4, -0.2) is 5.91 Å². The maximum absolute atomic E-state index is 13.2. The maximum Gasteiger partial charge on any atom is 0.419 e. The standard InChI is InChI=1S/C15H15F4NO/c16-13-4-3-10(7-12(13)15(17,18)19)20-14(21)11-6-8-1-2-9(11)5-8/h3-4,7-9,11H,1-2,5-6H2,(H,20,21). The van der Waals surface area contributed by atoms with Gasteiger partial charge in [0.05, 0.1) is 5.56 Å². The SMILES string of the molecule is O=C(Nc1ccc(F)c(C(F)(F)F)c1)C1CC2CCC1C2. The van der Waals surface area contributed by atoms with Crippen molar-refractivity contribution in [1.82, 2.24) is 0 Å². The number of hydrogen-bond acceptors (Lipinski definition) is 1. The Morgan fingerprint density at radius 1 is 1.19 bits per heavy atom. The molecule has 0 saturated heterocycles. The molecular formula is C15H15F4NO. The fourth-order valence-corrected chi connectivity index (χ4v) is 3.62. The predicted molar refractivity (Wildman–Crippen MR) is 69.0 cm³/mol. The highest BCUT2D eigenvalue weighted by molar-refractivity contribution is 5.93. The zero-order valence-corrected chi connectivity index (χ0v) is 11.2. The molecule has 1 amide bonds. The normalized spacial score (nSPS) is 27.9. The number of carbonyl (C=O) groups excluding carboxylic acids is 1. The van der Waals surface area contributed by atoms with Crippen molar-refractivity contribution >= 4 is 11.6 Å². The van der Waals surface area contributed by atoms with E-state index in [4.69, 9.17) is 0 Å². The average molecular weight is 301 g/mol. The number of halogens is 4. The topological polar surface area (TPSA) is 29.1 Å². The molecule has 21 heavy (non-hydrogen) atoms. The molecule has 0 aliphatic heterocycles. The highest BCUT2D eigenvalue weighted by Crippen LogP contribution is 2.48. The zero-order valence-electron chi connectivity index (χ0n) is 11.2. The van der Waals surface area contributed by atoms with Crippen LogP contribution in [0.2, 0.25) is 0 Å². The summed E-state index contributed by atoms with van der Waals surface area (Å²) in [7, 11) is 0. The molecular weight excluding hydrogens is 286 g/mol. The van der Waals surface area contributed by atoms with Crippen molar-refractivity contribution in [2.45, 2.75) is 31.9 Å². The fourth-order valence-electron chi connectivity index (χ4n) is 3.62. The van der Waals surface area contributed by atoms with Crippen LogP contribution in [-0.2, 0) is 11.0 Å². The summed E-state index contributed by atoms with van der Waals surface area (Å²) < 4.78 is 51.1. The van der Waals surface area contributed by atoms with E-state index in [-0.39, 0.29) is 17.5 Å². The van der Waals surface area contributed by atoms with Crippen LogP contribution in [0.3, 0.4) is 0 Å². The number of alkyl halides is 3. The summed E-state index contributed by atoms with van der Waals surface area (Å²) >= 11 is 0. The molecule has 2 aliphatic carbocycles. The van der Waals surface area contributed by atoms with Gasteiger partial charge in [-0.3, -0.25) is 4.79 Å². The summed E-state index contributed by atoms with van der Waals surface area (Å²) in [5.41, 5.74) is -1.36. The summed E-state index contributed by atoms with van der Waals surface area (Å²) in [5.74, 6) is -0.785. The Morgan fingerprint density at radius 3 is 2.52 bits per heavy atom. The van der Waals surface area contributed by atoms with E-state index in [1.165, 1.54) is 0 Å². The van der Waals surface area contributed by atoms with E-state index in [1.54, 1.807) is 0 Å². The van der Waals surface area contributed by atoms with E-state index in [2.05, 4.69) is 5.32 Å². The molecule has 3 atom stereocenters. The lowest BCUT2D eigenvalue weighted by Crippen LogP contribution is -2.27. The number of benzene rings is 1. The number of nitrogens with one attached hydrogen (secondary N) is 1. The molecule has 2 saturated carbocycles. The van der Waals surface area contributed by atoms with Crippen LogP contribution in [0.4, 0.5) is 23.2 Å². The van der Waals surface area contributed by atoms with E-state index in [0.29, 0.717) is 17.9 Å². The fraction of sp³-hybridized carbons (Fsp3) is 0.533. The molecule has 2 fully saturated rings. The number of amides is 1. The van der Waals surface area contributed by atoms with Crippen molar-refractivity contribution in [2.24, 2.45) is 17.8 Å². The number of carbonyl (C=O) groups is 1. The van der Waals surface area contributed by atoms with Crippen LogP contribution in [0.25, 0.3) is 0 Å². The highest BCUT2D eigenvalue weighted by atomic mass is 19.4. The van der Waals surface area contributed by atoms with Crippen LogP contribution < -0.4 is 5.32 Å². The minimum atomic E-state index is -4.77. The zero-order chi connectivity index (χ0) is 15.2. The van der Waals surface area contributed by atoms with Crippen molar-refractivity contribution in [1.29, 1.82) is 0 Å². The van der Waals surface area contributed by atoms with Crippen molar-refractivity contribution < 1.29 is 22.4 Å². The van der Waals surface area contributed by atoms with Gasteiger partial charge in [0.1, 0.15) is 5.82 Å². The molecule has 2 bridgehead atoms. The van der Waals surface area contributed by atoms with Gasteiger partial charge < -0.3 is 5.32 Å². The first-order valence-corrected chi connectivity index (χ1v) is 7.02. The summed E-state index contributed by atoms with van der Waals surface area (Å²) in [6, 6.07) is 2.55. The van der Waals surface area contributed by atoms with Crippen LogP contribution in [0.5, 0.6) is 0 Å². The van der Waals surface area contributed by atoms with E-state index >= 15 is 0 Å². The molecule has 2 nitrogen and oxygen atoms in total. The Labute approximate surface area is 119 Å². The molecule has 6 heteroatoms. The van der Waals surface area contributed by atoms with Gasteiger partial charge in [0.15, 0.2) is 0 Å². The third-order valence-electron chi connectivity index (χ3n) is 4.61. The van der Waals surface area contributed by atoms with Crippen LogP contribution in [0.1, 0.15) is 31.2 Å². The number of rotatable bonds is 2. The molecule has 0 radical (unpaired) electrons. The minimum Gasteiger partial charge on any atom is -0.326 e. The van der Waals surface area contributed by atoms with Gasteiger partial charge in [0.25, 0.3) is 0 Å². The van der Waals surface area contributed by atoms with Crippen LogP contribution in [0.15, 0.2) is 18.2 Å². The lowest BCUT2D eigenvalue weighted by molar-refractivity contribution is -0.140. The Balaban J connectivity index is 1.75. The molecule has 2 aliphatic rings. The van der Waals surface area contributed by atoms with E-state index < -0.39 is 17.6 Å². The predicted octanol–water partition coefficient (Wildman–Crippen LogP) is 4.22. The second-order valence-electron chi connectivity index (χ2n) is 5.96. The van der Waals surface area contributed by atoms with Gasteiger partial charge in [-0.05, 0) is 49.3 Å². The lowest BCUT2D eigenvalue weighted by atomic mass is 9.88. The quantitative estimate of drug-likeness (QED) is 0.814. The number of anilines is 1. The van der Waals surface area contributed by atoms with Crippen molar-refractivity contribution in [3.05, 3.63) is 29.6 Å². The number of hydrogen-bond donors (Lipinski definition) is 1. The van der Waals surface area contributed by atoms with Gasteiger partial charge >= 0.3 is 6.18 Å². The molecule has 3 unspecified atom stereocenters. The molecule has 0 aromatic heterocycles. The Kier molecular flexibility index (Phi) is 3.42. The van der Waals surface area contributed by atoms with Crippen molar-refractivity contribution in [3.63, 3.8) is 0 Å². The van der Waals surface area contributed by atoms with Gasteiger partial charge in [-0.25, -0.2) is 4.39 Å². The van der Waals surface area contributed by atoms with Gasteiger partial charge in [0, 0.05) is 11.6 Å². The summed E-state index contributed by atoms with van der Waals surface area (Å²) in [4.78, 5) is 12.2. The van der Waals surface area contributed by atoms with E-state index in [1.807, 2.05) is 0 Å². The second-order valence-corrected chi connectivity index (χ2v) is 5.96. The molecule has 0 spiro atoms. The number of fused-ring (bicyclic) bond motifs is 2. The highest BCUT2D eigenvalue weighted by Gasteiger charge is 2.43. The van der Waals surface area contributed by atoms with Gasteiger partial charge in [-0.15, -0.1) is 0 Å². The first kappa shape index (κ1) is 14.4. The Bertz CT molecular complexity index is 569. The van der Waals surface area contributed by atoms with Crippen LogP contribution >= 0.6 is 0 Å². The van der Waals surface area contributed by atoms with E-state index in [9.17, 15) is 22.4 Å².